The van der Waals surface area contributed by atoms with Crippen molar-refractivity contribution in [2.75, 3.05) is 13.7 Å². The van der Waals surface area contributed by atoms with Crippen molar-refractivity contribution < 1.29 is 4.74 Å². The van der Waals surface area contributed by atoms with Crippen molar-refractivity contribution in [2.24, 2.45) is 10.7 Å². The maximum Gasteiger partial charge on any atom is 0.188 e. The number of methoxy groups -OCH3 is 1. The number of guanidine groups is 1. The highest BCUT2D eigenvalue weighted by molar-refractivity contribution is 14.0. The summed E-state index contributed by atoms with van der Waals surface area (Å²) in [6.45, 7) is 0.707. The molecular formula is C16H26IN3O. The summed E-state index contributed by atoms with van der Waals surface area (Å²) in [6.07, 6.45) is 7.26. The van der Waals surface area contributed by atoms with Gasteiger partial charge in [-0.2, -0.15) is 0 Å². The second-order valence-corrected chi connectivity index (χ2v) is 5.35. The van der Waals surface area contributed by atoms with E-state index in [0.29, 0.717) is 18.5 Å². The van der Waals surface area contributed by atoms with Gasteiger partial charge in [0.15, 0.2) is 5.96 Å². The van der Waals surface area contributed by atoms with E-state index in [1.54, 1.807) is 7.11 Å². The van der Waals surface area contributed by atoms with Gasteiger partial charge in [-0.25, -0.2) is 0 Å². The summed E-state index contributed by atoms with van der Waals surface area (Å²) in [4.78, 5) is 4.41. The van der Waals surface area contributed by atoms with Crippen LogP contribution in [0, 0.1) is 0 Å². The number of nitrogens with one attached hydrogen (secondary N) is 1. The van der Waals surface area contributed by atoms with Gasteiger partial charge in [0.25, 0.3) is 0 Å². The van der Waals surface area contributed by atoms with Crippen LogP contribution in [0.3, 0.4) is 0 Å². The zero-order valence-electron chi connectivity index (χ0n) is 12.7. The summed E-state index contributed by atoms with van der Waals surface area (Å²) in [5.74, 6) is 1.47. The molecule has 0 bridgehead atoms. The minimum absolute atomic E-state index is 0. The second-order valence-electron chi connectivity index (χ2n) is 5.35. The predicted octanol–water partition coefficient (Wildman–Crippen LogP) is 3.09. The number of rotatable bonds is 5. The molecule has 0 spiro atoms. The van der Waals surface area contributed by atoms with Gasteiger partial charge in [0.05, 0.1) is 7.11 Å². The average Bonchev–Trinajstić information content (AvgIpc) is 2.48. The van der Waals surface area contributed by atoms with Gasteiger partial charge in [-0.3, -0.25) is 4.99 Å². The molecule has 1 fully saturated rings. The van der Waals surface area contributed by atoms with E-state index in [-0.39, 0.29) is 24.0 Å². The standard InChI is InChI=1S/C16H25N3O.HI/c1-20-15-9-5-6-13(12-15)10-11-18-16(17)19-14-7-3-2-4-8-14;/h5-6,9,12,14H,2-4,7-8,10-11H2,1H3,(H3,17,18,19);1H. The van der Waals surface area contributed by atoms with Crippen molar-refractivity contribution >= 4 is 29.9 Å². The van der Waals surface area contributed by atoms with E-state index in [0.717, 1.165) is 12.2 Å². The van der Waals surface area contributed by atoms with Crippen molar-refractivity contribution in [3.05, 3.63) is 29.8 Å². The monoisotopic (exact) mass is 403 g/mol. The highest BCUT2D eigenvalue weighted by atomic mass is 127. The van der Waals surface area contributed by atoms with E-state index in [4.69, 9.17) is 10.5 Å². The van der Waals surface area contributed by atoms with Gasteiger partial charge in [-0.05, 0) is 37.0 Å². The van der Waals surface area contributed by atoms with Crippen molar-refractivity contribution in [1.82, 2.24) is 5.32 Å². The van der Waals surface area contributed by atoms with Crippen LogP contribution in [0.25, 0.3) is 0 Å². The Bertz CT molecular complexity index is 445. The first-order chi connectivity index (χ1) is 9.78. The molecule has 0 aliphatic heterocycles. The van der Waals surface area contributed by atoms with Crippen LogP contribution in [0.15, 0.2) is 29.3 Å². The van der Waals surface area contributed by atoms with E-state index in [2.05, 4.69) is 16.4 Å². The van der Waals surface area contributed by atoms with Gasteiger partial charge in [0, 0.05) is 12.6 Å². The molecule has 0 atom stereocenters. The number of halogens is 1. The molecule has 0 saturated heterocycles. The number of benzene rings is 1. The van der Waals surface area contributed by atoms with Crippen molar-refractivity contribution in [3.63, 3.8) is 0 Å². The van der Waals surface area contributed by atoms with Crippen LogP contribution in [0.1, 0.15) is 37.7 Å². The van der Waals surface area contributed by atoms with E-state index >= 15 is 0 Å². The van der Waals surface area contributed by atoms with Crippen LogP contribution in [0.2, 0.25) is 0 Å². The smallest absolute Gasteiger partial charge is 0.188 e. The number of ether oxygens (including phenoxy) is 1. The van der Waals surface area contributed by atoms with Gasteiger partial charge in [0.1, 0.15) is 5.75 Å². The first-order valence-corrected chi connectivity index (χ1v) is 7.47. The van der Waals surface area contributed by atoms with Gasteiger partial charge >= 0.3 is 0 Å². The molecule has 21 heavy (non-hydrogen) atoms. The number of aliphatic imine (C=N–C) groups is 1. The zero-order chi connectivity index (χ0) is 14.2. The van der Waals surface area contributed by atoms with Crippen LogP contribution in [-0.4, -0.2) is 25.7 Å². The first kappa shape index (κ1) is 18.1. The lowest BCUT2D eigenvalue weighted by molar-refractivity contribution is 0.412. The molecule has 1 aliphatic carbocycles. The lowest BCUT2D eigenvalue weighted by atomic mass is 9.96. The van der Waals surface area contributed by atoms with Crippen LogP contribution in [0.4, 0.5) is 0 Å². The van der Waals surface area contributed by atoms with Crippen molar-refractivity contribution in [3.8, 4) is 5.75 Å². The maximum absolute atomic E-state index is 5.94. The topological polar surface area (TPSA) is 59.6 Å². The predicted molar refractivity (Wildman–Crippen MR) is 98.6 cm³/mol. The minimum Gasteiger partial charge on any atom is -0.497 e. The fourth-order valence-electron chi connectivity index (χ4n) is 2.64. The summed E-state index contributed by atoms with van der Waals surface area (Å²) in [5.41, 5.74) is 7.16. The van der Waals surface area contributed by atoms with Crippen LogP contribution in [-0.2, 0) is 6.42 Å². The van der Waals surface area contributed by atoms with Crippen molar-refractivity contribution in [1.29, 1.82) is 0 Å². The second kappa shape index (κ2) is 9.87. The minimum atomic E-state index is 0. The Morgan fingerprint density at radius 3 is 2.81 bits per heavy atom. The lowest BCUT2D eigenvalue weighted by Crippen LogP contribution is -2.41. The molecular weight excluding hydrogens is 377 g/mol. The molecule has 118 valence electrons. The molecule has 1 aliphatic rings. The molecule has 5 heteroatoms. The molecule has 4 nitrogen and oxygen atoms in total. The van der Waals surface area contributed by atoms with Gasteiger partial charge in [0.2, 0.25) is 0 Å². The van der Waals surface area contributed by atoms with E-state index in [1.165, 1.54) is 37.7 Å². The number of nitrogens with two attached hydrogens (primary N) is 1. The molecule has 1 saturated carbocycles. The van der Waals surface area contributed by atoms with Gasteiger partial charge < -0.3 is 15.8 Å². The largest absolute Gasteiger partial charge is 0.497 e. The van der Waals surface area contributed by atoms with E-state index in [9.17, 15) is 0 Å². The Balaban J connectivity index is 0.00000220. The molecule has 3 N–H and O–H groups in total. The SMILES string of the molecule is COc1cccc(CCN=C(N)NC2CCCCC2)c1.I. The molecule has 2 rings (SSSR count). The molecule has 1 aromatic rings. The summed E-state index contributed by atoms with van der Waals surface area (Å²) >= 11 is 0. The zero-order valence-corrected chi connectivity index (χ0v) is 15.0. The summed E-state index contributed by atoms with van der Waals surface area (Å²) in [7, 11) is 1.68. The van der Waals surface area contributed by atoms with E-state index < -0.39 is 0 Å². The maximum atomic E-state index is 5.94. The molecule has 0 heterocycles. The lowest BCUT2D eigenvalue weighted by Gasteiger charge is -2.23. The van der Waals surface area contributed by atoms with Crippen LogP contribution < -0.4 is 15.8 Å². The van der Waals surface area contributed by atoms with Crippen LogP contribution >= 0.6 is 24.0 Å². The first-order valence-electron chi connectivity index (χ1n) is 7.47. The number of hydrogen-bond acceptors (Lipinski definition) is 2. The number of hydrogen-bond donors (Lipinski definition) is 2. The molecule has 0 amide bonds. The third-order valence-corrected chi connectivity index (χ3v) is 3.77. The Morgan fingerprint density at radius 1 is 1.33 bits per heavy atom. The highest BCUT2D eigenvalue weighted by Crippen LogP contribution is 2.17. The molecule has 1 aromatic carbocycles. The fraction of sp³-hybridized carbons (Fsp3) is 0.562. The molecule has 0 radical (unpaired) electrons. The van der Waals surface area contributed by atoms with Gasteiger partial charge in [-0.1, -0.05) is 31.4 Å². The molecule has 0 aromatic heterocycles. The normalized spacial score (nSPS) is 16.1. The molecule has 0 unspecified atom stereocenters. The summed E-state index contributed by atoms with van der Waals surface area (Å²) < 4.78 is 5.21. The highest BCUT2D eigenvalue weighted by Gasteiger charge is 2.13. The van der Waals surface area contributed by atoms with Crippen LogP contribution in [0.5, 0.6) is 5.75 Å². The Labute approximate surface area is 144 Å². The Kier molecular flexibility index (Phi) is 8.49. The Hall–Kier alpha value is -0.980. The van der Waals surface area contributed by atoms with Crippen molar-refractivity contribution in [2.45, 2.75) is 44.6 Å². The quantitative estimate of drug-likeness (QED) is 0.451. The third kappa shape index (κ3) is 6.54. The number of nitrogens with zero attached hydrogens (tertiary/aromatic N) is 1. The van der Waals surface area contributed by atoms with E-state index in [1.807, 2.05) is 18.2 Å². The van der Waals surface area contributed by atoms with Gasteiger partial charge in [-0.15, -0.1) is 24.0 Å². The third-order valence-electron chi connectivity index (χ3n) is 3.77. The fourth-order valence-corrected chi connectivity index (χ4v) is 2.64. The Morgan fingerprint density at radius 2 is 2.10 bits per heavy atom. The average molecular weight is 403 g/mol. The summed E-state index contributed by atoms with van der Waals surface area (Å²) in [6, 6.07) is 8.60. The summed E-state index contributed by atoms with van der Waals surface area (Å²) in [5, 5.41) is 3.33.